The van der Waals surface area contributed by atoms with Crippen molar-refractivity contribution >= 4 is 21.0 Å². The molecule has 1 atom stereocenters. The predicted octanol–water partition coefficient (Wildman–Crippen LogP) is 1.99. The summed E-state index contributed by atoms with van der Waals surface area (Å²) in [5.41, 5.74) is 1.01. The number of hydrogen-bond acceptors (Lipinski definition) is 7. The summed E-state index contributed by atoms with van der Waals surface area (Å²) in [5.74, 6) is 0.209. The van der Waals surface area contributed by atoms with E-state index in [0.717, 1.165) is 18.2 Å². The van der Waals surface area contributed by atoms with Crippen LogP contribution in [0.25, 0.3) is 11.0 Å². The summed E-state index contributed by atoms with van der Waals surface area (Å²) in [6.07, 6.45) is 5.88. The first-order valence-electron chi connectivity index (χ1n) is 8.35. The average Bonchev–Trinajstić information content (AvgIpc) is 3.05. The van der Waals surface area contributed by atoms with E-state index in [1.165, 1.54) is 10.5 Å². The second-order valence-electron chi connectivity index (χ2n) is 6.17. The van der Waals surface area contributed by atoms with Crippen LogP contribution in [-0.4, -0.2) is 47.0 Å². The van der Waals surface area contributed by atoms with E-state index in [2.05, 4.69) is 15.1 Å². The minimum Gasteiger partial charge on any atom is -0.472 e. The Hall–Kier alpha value is -2.52. The molecule has 1 saturated heterocycles. The van der Waals surface area contributed by atoms with Gasteiger partial charge < -0.3 is 9.26 Å². The van der Waals surface area contributed by atoms with E-state index in [4.69, 9.17) is 9.26 Å². The first-order chi connectivity index (χ1) is 12.6. The number of piperidine rings is 1. The summed E-state index contributed by atoms with van der Waals surface area (Å²) in [4.78, 5) is 8.04. The summed E-state index contributed by atoms with van der Waals surface area (Å²) < 4.78 is 38.2. The van der Waals surface area contributed by atoms with Gasteiger partial charge in [-0.1, -0.05) is 17.3 Å². The van der Waals surface area contributed by atoms with Crippen LogP contribution in [0.5, 0.6) is 5.88 Å². The van der Waals surface area contributed by atoms with Crippen LogP contribution in [0.2, 0.25) is 0 Å². The molecular formula is C17H18N4O4S. The lowest BCUT2D eigenvalue weighted by atomic mass is 10.1. The van der Waals surface area contributed by atoms with Crippen molar-refractivity contribution in [2.24, 2.45) is 0 Å². The van der Waals surface area contributed by atoms with Gasteiger partial charge in [-0.2, -0.15) is 4.31 Å². The lowest BCUT2D eigenvalue weighted by Crippen LogP contribution is -2.44. The second kappa shape index (κ2) is 7.00. The minimum atomic E-state index is -3.53. The zero-order valence-corrected chi connectivity index (χ0v) is 14.8. The van der Waals surface area contributed by atoms with E-state index in [-0.39, 0.29) is 18.4 Å². The van der Waals surface area contributed by atoms with Crippen LogP contribution < -0.4 is 4.74 Å². The molecule has 1 aromatic carbocycles. The fourth-order valence-corrected chi connectivity index (χ4v) is 4.61. The number of sulfonamides is 1. The van der Waals surface area contributed by atoms with Gasteiger partial charge in [0, 0.05) is 24.3 Å². The van der Waals surface area contributed by atoms with Gasteiger partial charge in [-0.3, -0.25) is 4.98 Å². The summed E-state index contributed by atoms with van der Waals surface area (Å²) in [7, 11) is -3.53. The molecule has 9 heteroatoms. The largest absolute Gasteiger partial charge is 0.472 e. The third kappa shape index (κ3) is 3.54. The Morgan fingerprint density at radius 2 is 2.15 bits per heavy atom. The molecule has 3 heterocycles. The van der Waals surface area contributed by atoms with E-state index in [0.29, 0.717) is 23.7 Å². The standard InChI is InChI=1S/C17H18N4O4S/c22-26(23,12-15-14-5-1-2-6-16(14)25-20-15)21-9-3-4-13(11-21)24-17-10-18-7-8-19-17/h1-2,5-8,10,13H,3-4,9,11-12H2. The molecule has 1 fully saturated rings. The topological polar surface area (TPSA) is 98.4 Å². The van der Waals surface area contributed by atoms with Gasteiger partial charge in [-0.15, -0.1) is 0 Å². The number of aromatic nitrogens is 3. The van der Waals surface area contributed by atoms with Gasteiger partial charge in [-0.05, 0) is 25.0 Å². The third-order valence-electron chi connectivity index (χ3n) is 4.33. The van der Waals surface area contributed by atoms with Crippen LogP contribution in [0.15, 0.2) is 47.4 Å². The van der Waals surface area contributed by atoms with E-state index in [9.17, 15) is 8.42 Å². The van der Waals surface area contributed by atoms with Crippen molar-refractivity contribution in [1.82, 2.24) is 19.4 Å². The quantitative estimate of drug-likeness (QED) is 0.673. The summed E-state index contributed by atoms with van der Waals surface area (Å²) >= 11 is 0. The number of benzene rings is 1. The number of rotatable bonds is 5. The zero-order chi connectivity index (χ0) is 18.0. The lowest BCUT2D eigenvalue weighted by Gasteiger charge is -2.31. The van der Waals surface area contributed by atoms with E-state index < -0.39 is 10.0 Å². The smallest absolute Gasteiger partial charge is 0.232 e. The molecule has 3 aromatic rings. The highest BCUT2D eigenvalue weighted by molar-refractivity contribution is 7.88. The summed E-state index contributed by atoms with van der Waals surface area (Å²) in [6.45, 7) is 0.757. The minimum absolute atomic E-state index is 0.193. The number of para-hydroxylation sites is 1. The summed E-state index contributed by atoms with van der Waals surface area (Å²) in [6, 6.07) is 7.24. The molecule has 8 nitrogen and oxygen atoms in total. The Balaban J connectivity index is 1.48. The molecule has 1 unspecified atom stereocenters. The molecular weight excluding hydrogens is 356 g/mol. The van der Waals surface area contributed by atoms with Gasteiger partial charge >= 0.3 is 0 Å². The van der Waals surface area contributed by atoms with E-state index >= 15 is 0 Å². The molecule has 0 radical (unpaired) electrons. The molecule has 26 heavy (non-hydrogen) atoms. The fourth-order valence-electron chi connectivity index (χ4n) is 3.08. The Labute approximate surface area is 150 Å². The molecule has 1 aliphatic heterocycles. The maximum Gasteiger partial charge on any atom is 0.232 e. The number of nitrogens with zero attached hydrogens (tertiary/aromatic N) is 4. The first kappa shape index (κ1) is 16.9. The summed E-state index contributed by atoms with van der Waals surface area (Å²) in [5, 5.41) is 4.65. The Kier molecular flexibility index (Phi) is 4.56. The Morgan fingerprint density at radius 3 is 3.00 bits per heavy atom. The lowest BCUT2D eigenvalue weighted by molar-refractivity contribution is 0.124. The van der Waals surface area contributed by atoms with Crippen LogP contribution in [0.3, 0.4) is 0 Å². The number of ether oxygens (including phenoxy) is 1. The van der Waals surface area contributed by atoms with Crippen molar-refractivity contribution in [1.29, 1.82) is 0 Å². The van der Waals surface area contributed by atoms with Crippen molar-refractivity contribution in [3.05, 3.63) is 48.5 Å². The van der Waals surface area contributed by atoms with Crippen LogP contribution in [-0.2, 0) is 15.8 Å². The number of hydrogen-bond donors (Lipinski definition) is 0. The predicted molar refractivity (Wildman–Crippen MR) is 93.9 cm³/mol. The molecule has 4 rings (SSSR count). The molecule has 2 aromatic heterocycles. The first-order valence-corrected chi connectivity index (χ1v) is 9.96. The van der Waals surface area contributed by atoms with Gasteiger partial charge in [0.2, 0.25) is 15.9 Å². The average molecular weight is 374 g/mol. The van der Waals surface area contributed by atoms with Gasteiger partial charge in [0.05, 0.1) is 12.7 Å². The van der Waals surface area contributed by atoms with Gasteiger partial charge in [0.25, 0.3) is 0 Å². The molecule has 0 aliphatic carbocycles. The van der Waals surface area contributed by atoms with Crippen molar-refractivity contribution in [3.63, 3.8) is 0 Å². The van der Waals surface area contributed by atoms with Crippen LogP contribution in [0.4, 0.5) is 0 Å². The monoisotopic (exact) mass is 374 g/mol. The van der Waals surface area contributed by atoms with Crippen LogP contribution >= 0.6 is 0 Å². The molecule has 0 amide bonds. The van der Waals surface area contributed by atoms with Crippen molar-refractivity contribution in [2.75, 3.05) is 13.1 Å². The van der Waals surface area contributed by atoms with Gasteiger partial charge in [-0.25, -0.2) is 13.4 Å². The normalized spacial score (nSPS) is 18.8. The maximum atomic E-state index is 12.9. The van der Waals surface area contributed by atoms with Crippen molar-refractivity contribution < 1.29 is 17.7 Å². The molecule has 136 valence electrons. The zero-order valence-electron chi connectivity index (χ0n) is 14.0. The van der Waals surface area contributed by atoms with Crippen LogP contribution in [0.1, 0.15) is 18.5 Å². The molecule has 0 N–H and O–H groups in total. The highest BCUT2D eigenvalue weighted by Gasteiger charge is 2.31. The molecule has 1 aliphatic rings. The van der Waals surface area contributed by atoms with Crippen molar-refractivity contribution in [2.45, 2.75) is 24.7 Å². The molecule has 0 saturated carbocycles. The van der Waals surface area contributed by atoms with Gasteiger partial charge in [0.1, 0.15) is 17.6 Å². The number of fused-ring (bicyclic) bond motifs is 1. The fraction of sp³-hybridized carbons (Fsp3) is 0.353. The highest BCUT2D eigenvalue weighted by Crippen LogP contribution is 2.24. The molecule has 0 spiro atoms. The van der Waals surface area contributed by atoms with E-state index in [1.54, 1.807) is 18.5 Å². The maximum absolute atomic E-state index is 12.9. The Bertz CT molecular complexity index is 990. The van der Waals surface area contributed by atoms with Gasteiger partial charge in [0.15, 0.2) is 5.58 Å². The molecule has 0 bridgehead atoms. The van der Waals surface area contributed by atoms with E-state index in [1.807, 2.05) is 18.2 Å². The van der Waals surface area contributed by atoms with Crippen molar-refractivity contribution in [3.8, 4) is 5.88 Å². The third-order valence-corrected chi connectivity index (χ3v) is 6.09. The Morgan fingerprint density at radius 1 is 1.27 bits per heavy atom. The SMILES string of the molecule is O=S(=O)(Cc1noc2ccccc12)N1CCCC(Oc2cnccn2)C1. The highest BCUT2D eigenvalue weighted by atomic mass is 32.2. The second-order valence-corrected chi connectivity index (χ2v) is 8.13. The van der Waals surface area contributed by atoms with Crippen LogP contribution in [0, 0.1) is 0 Å².